The first kappa shape index (κ1) is 13.5. The van der Waals surface area contributed by atoms with Crippen LogP contribution in [0.4, 0.5) is 4.39 Å². The van der Waals surface area contributed by atoms with Gasteiger partial charge in [0.05, 0.1) is 8.04 Å². The SMILES string of the molecule is Fc1cc(-c2nc(Cl)c(I)c(Cl)n2)ccc1Br. The molecule has 2 aromatic rings. The molecule has 0 spiro atoms. The van der Waals surface area contributed by atoms with Crippen LogP contribution in [0.1, 0.15) is 0 Å². The smallest absolute Gasteiger partial charge is 0.162 e. The number of nitrogens with zero attached hydrogens (tertiary/aromatic N) is 2. The highest BCUT2D eigenvalue weighted by atomic mass is 127. The molecule has 1 aromatic carbocycles. The van der Waals surface area contributed by atoms with Crippen LogP contribution in [0.3, 0.4) is 0 Å². The fourth-order valence-corrected chi connectivity index (χ4v) is 2.03. The Morgan fingerprint density at radius 2 is 1.76 bits per heavy atom. The van der Waals surface area contributed by atoms with E-state index in [-0.39, 0.29) is 10.3 Å². The Bertz CT molecular complexity index is 572. The van der Waals surface area contributed by atoms with Gasteiger partial charge in [-0.05, 0) is 56.7 Å². The first-order valence-corrected chi connectivity index (χ1v) is 6.96. The highest BCUT2D eigenvalue weighted by Gasteiger charge is 2.11. The van der Waals surface area contributed by atoms with E-state index in [0.29, 0.717) is 19.4 Å². The number of rotatable bonds is 1. The maximum Gasteiger partial charge on any atom is 0.162 e. The van der Waals surface area contributed by atoms with E-state index >= 15 is 0 Å². The molecule has 1 aromatic heterocycles. The van der Waals surface area contributed by atoms with E-state index in [1.807, 2.05) is 22.6 Å². The second-order valence-corrected chi connectivity index (χ2v) is 5.72. The number of hydrogen-bond donors (Lipinski definition) is 0. The van der Waals surface area contributed by atoms with E-state index in [0.717, 1.165) is 0 Å². The van der Waals surface area contributed by atoms with Gasteiger partial charge in [0.2, 0.25) is 0 Å². The molecule has 0 fully saturated rings. The molecule has 0 radical (unpaired) electrons. The molecular formula is C10H3BrCl2FIN2. The second kappa shape index (κ2) is 5.34. The lowest BCUT2D eigenvalue weighted by Crippen LogP contribution is -1.94. The van der Waals surface area contributed by atoms with E-state index in [1.54, 1.807) is 12.1 Å². The summed E-state index contributed by atoms with van der Waals surface area (Å²) >= 11 is 16.8. The van der Waals surface area contributed by atoms with Crippen LogP contribution in [0.15, 0.2) is 22.7 Å². The molecule has 0 N–H and O–H groups in total. The highest BCUT2D eigenvalue weighted by Crippen LogP contribution is 2.28. The zero-order valence-electron chi connectivity index (χ0n) is 8.02. The van der Waals surface area contributed by atoms with Gasteiger partial charge in [-0.15, -0.1) is 0 Å². The third kappa shape index (κ3) is 2.89. The van der Waals surface area contributed by atoms with Crippen LogP contribution in [0.25, 0.3) is 11.4 Å². The van der Waals surface area contributed by atoms with Crippen molar-refractivity contribution in [2.75, 3.05) is 0 Å². The standard InChI is InChI=1S/C10H3BrCl2FIN2/c11-5-2-1-4(3-6(5)14)10-16-8(12)7(15)9(13)17-10/h1-3H. The molecule has 0 aliphatic rings. The number of aromatic nitrogens is 2. The summed E-state index contributed by atoms with van der Waals surface area (Å²) in [6, 6.07) is 4.58. The Morgan fingerprint density at radius 1 is 1.18 bits per heavy atom. The van der Waals surface area contributed by atoms with Crippen molar-refractivity contribution < 1.29 is 4.39 Å². The molecule has 0 saturated carbocycles. The predicted octanol–water partition coefficient (Wildman–Crippen LogP) is 4.96. The van der Waals surface area contributed by atoms with Gasteiger partial charge in [-0.3, -0.25) is 0 Å². The number of hydrogen-bond acceptors (Lipinski definition) is 2. The third-order valence-electron chi connectivity index (χ3n) is 1.95. The van der Waals surface area contributed by atoms with Crippen LogP contribution >= 0.6 is 61.7 Å². The van der Waals surface area contributed by atoms with Crippen LogP contribution in [0.5, 0.6) is 0 Å². The van der Waals surface area contributed by atoms with Gasteiger partial charge in [-0.25, -0.2) is 14.4 Å². The quantitative estimate of drug-likeness (QED) is 0.456. The van der Waals surface area contributed by atoms with Crippen molar-refractivity contribution in [3.8, 4) is 11.4 Å². The molecule has 0 bridgehead atoms. The summed E-state index contributed by atoms with van der Waals surface area (Å²) in [5, 5.41) is 0.507. The molecule has 17 heavy (non-hydrogen) atoms. The van der Waals surface area contributed by atoms with Crippen molar-refractivity contribution in [3.05, 3.63) is 42.4 Å². The molecule has 88 valence electrons. The average Bonchev–Trinajstić information content (AvgIpc) is 2.29. The highest BCUT2D eigenvalue weighted by molar-refractivity contribution is 14.1. The van der Waals surface area contributed by atoms with Gasteiger partial charge in [0, 0.05) is 5.56 Å². The topological polar surface area (TPSA) is 25.8 Å². The van der Waals surface area contributed by atoms with Crippen molar-refractivity contribution >= 4 is 61.7 Å². The molecular weight excluding hydrogens is 445 g/mol. The van der Waals surface area contributed by atoms with Crippen LogP contribution in [-0.2, 0) is 0 Å². The van der Waals surface area contributed by atoms with Gasteiger partial charge in [-0.1, -0.05) is 23.2 Å². The van der Waals surface area contributed by atoms with Gasteiger partial charge in [0.25, 0.3) is 0 Å². The van der Waals surface area contributed by atoms with E-state index < -0.39 is 5.82 Å². The molecule has 0 aliphatic heterocycles. The Hall–Kier alpha value is 0.0200. The van der Waals surface area contributed by atoms with E-state index in [9.17, 15) is 4.39 Å². The van der Waals surface area contributed by atoms with Crippen LogP contribution in [0.2, 0.25) is 10.3 Å². The molecule has 0 amide bonds. The molecule has 0 saturated heterocycles. The summed E-state index contributed by atoms with van der Waals surface area (Å²) in [6.07, 6.45) is 0. The largest absolute Gasteiger partial charge is 0.215 e. The minimum atomic E-state index is -0.392. The lowest BCUT2D eigenvalue weighted by atomic mass is 10.2. The van der Waals surface area contributed by atoms with E-state index in [4.69, 9.17) is 23.2 Å². The predicted molar refractivity (Wildman–Crippen MR) is 77.9 cm³/mol. The van der Waals surface area contributed by atoms with Crippen LogP contribution in [-0.4, -0.2) is 9.97 Å². The molecule has 0 unspecified atom stereocenters. The molecule has 0 aliphatic carbocycles. The summed E-state index contributed by atoms with van der Waals surface area (Å²) in [4.78, 5) is 8.11. The van der Waals surface area contributed by atoms with Gasteiger partial charge in [0.15, 0.2) is 5.82 Å². The van der Waals surface area contributed by atoms with E-state index in [2.05, 4.69) is 25.9 Å². The van der Waals surface area contributed by atoms with Crippen molar-refractivity contribution in [3.63, 3.8) is 0 Å². The number of halogens is 5. The fourth-order valence-electron chi connectivity index (χ4n) is 1.16. The van der Waals surface area contributed by atoms with Crippen LogP contribution < -0.4 is 0 Å². The molecule has 7 heteroatoms. The van der Waals surface area contributed by atoms with Crippen molar-refractivity contribution in [1.82, 2.24) is 9.97 Å². The lowest BCUT2D eigenvalue weighted by molar-refractivity contribution is 0.621. The average molecular weight is 448 g/mol. The van der Waals surface area contributed by atoms with Gasteiger partial charge in [0.1, 0.15) is 16.1 Å². The Morgan fingerprint density at radius 3 is 2.29 bits per heavy atom. The summed E-state index contributed by atoms with van der Waals surface area (Å²) < 4.78 is 14.3. The Kier molecular flexibility index (Phi) is 4.22. The monoisotopic (exact) mass is 446 g/mol. The van der Waals surface area contributed by atoms with Crippen molar-refractivity contribution in [1.29, 1.82) is 0 Å². The first-order chi connectivity index (χ1) is 7.99. The molecule has 0 atom stereocenters. The minimum Gasteiger partial charge on any atom is -0.215 e. The van der Waals surface area contributed by atoms with Crippen LogP contribution in [0, 0.1) is 9.39 Å². The van der Waals surface area contributed by atoms with Gasteiger partial charge < -0.3 is 0 Å². The molecule has 2 nitrogen and oxygen atoms in total. The zero-order chi connectivity index (χ0) is 12.6. The lowest BCUT2D eigenvalue weighted by Gasteiger charge is -2.04. The zero-order valence-corrected chi connectivity index (χ0v) is 13.3. The molecule has 1 heterocycles. The second-order valence-electron chi connectivity index (χ2n) is 3.07. The van der Waals surface area contributed by atoms with Crippen molar-refractivity contribution in [2.45, 2.75) is 0 Å². The van der Waals surface area contributed by atoms with E-state index in [1.165, 1.54) is 6.07 Å². The molecule has 2 rings (SSSR count). The summed E-state index contributed by atoms with van der Waals surface area (Å²) in [6.45, 7) is 0. The summed E-state index contributed by atoms with van der Waals surface area (Å²) in [7, 11) is 0. The fraction of sp³-hybridized carbons (Fsp3) is 0. The van der Waals surface area contributed by atoms with Gasteiger partial charge >= 0.3 is 0 Å². The Balaban J connectivity index is 2.57. The maximum atomic E-state index is 13.4. The van der Waals surface area contributed by atoms with Crippen molar-refractivity contribution in [2.24, 2.45) is 0 Å². The summed E-state index contributed by atoms with van der Waals surface area (Å²) in [5.74, 6) is -0.0938. The van der Waals surface area contributed by atoms with Gasteiger partial charge in [-0.2, -0.15) is 0 Å². The third-order valence-corrected chi connectivity index (χ3v) is 4.80. The summed E-state index contributed by atoms with van der Waals surface area (Å²) in [5.41, 5.74) is 0.519. The first-order valence-electron chi connectivity index (χ1n) is 4.33. The normalized spacial score (nSPS) is 10.6. The Labute approximate surface area is 129 Å². The number of benzene rings is 1. The maximum absolute atomic E-state index is 13.4. The minimum absolute atomic E-state index is 0.254.